The van der Waals surface area contributed by atoms with E-state index in [0.717, 1.165) is 49.2 Å². The van der Waals surface area contributed by atoms with Crippen LogP contribution in [-0.4, -0.2) is 38.7 Å². The lowest BCUT2D eigenvalue weighted by atomic mass is 9.85. The van der Waals surface area contributed by atoms with Crippen LogP contribution in [0.5, 0.6) is 0 Å². The molecule has 0 amide bonds. The number of fused-ring (bicyclic) bond motifs is 1. The van der Waals surface area contributed by atoms with Crippen molar-refractivity contribution in [2.75, 3.05) is 18.0 Å². The van der Waals surface area contributed by atoms with Gasteiger partial charge in [-0.1, -0.05) is 36.8 Å². The minimum Gasteiger partial charge on any atom is -0.389 e. The first-order valence-electron chi connectivity index (χ1n) is 9.42. The highest BCUT2D eigenvalue weighted by Gasteiger charge is 2.33. The molecular formula is C21H26N4O. The van der Waals surface area contributed by atoms with Crippen molar-refractivity contribution in [2.45, 2.75) is 45.1 Å². The molecule has 3 aromatic rings. The minimum atomic E-state index is -0.637. The topological polar surface area (TPSA) is 65.0 Å². The van der Waals surface area contributed by atoms with E-state index in [1.54, 1.807) is 6.33 Å². The number of aromatic nitrogens is 3. The molecule has 5 heteroatoms. The summed E-state index contributed by atoms with van der Waals surface area (Å²) in [4.78, 5) is 14.5. The number of nitrogens with zero attached hydrogens (tertiary/aromatic N) is 3. The maximum atomic E-state index is 11.1. The summed E-state index contributed by atoms with van der Waals surface area (Å²) in [6.07, 6.45) is 6.82. The van der Waals surface area contributed by atoms with Gasteiger partial charge in [-0.05, 0) is 37.3 Å². The summed E-state index contributed by atoms with van der Waals surface area (Å²) < 4.78 is 0. The van der Waals surface area contributed by atoms with Crippen molar-refractivity contribution in [3.05, 3.63) is 53.5 Å². The normalized spacial score (nSPS) is 17.0. The summed E-state index contributed by atoms with van der Waals surface area (Å²) in [5.41, 5.74) is 3.96. The molecule has 0 spiro atoms. The van der Waals surface area contributed by atoms with Crippen LogP contribution in [0.2, 0.25) is 0 Å². The second kappa shape index (κ2) is 6.72. The number of aryl methyl sites for hydroxylation is 2. The second-order valence-electron chi connectivity index (χ2n) is 7.47. The van der Waals surface area contributed by atoms with Gasteiger partial charge in [0.1, 0.15) is 17.8 Å². The van der Waals surface area contributed by atoms with E-state index in [9.17, 15) is 5.11 Å². The van der Waals surface area contributed by atoms with Crippen LogP contribution < -0.4 is 4.90 Å². The van der Waals surface area contributed by atoms with E-state index in [4.69, 9.17) is 0 Å². The first-order valence-corrected chi connectivity index (χ1v) is 9.42. The molecule has 0 radical (unpaired) electrons. The minimum absolute atomic E-state index is 0.637. The molecule has 136 valence electrons. The number of rotatable bonds is 4. The third-order valence-electron chi connectivity index (χ3n) is 5.52. The van der Waals surface area contributed by atoms with Crippen LogP contribution in [0.4, 0.5) is 5.82 Å². The molecule has 1 aliphatic heterocycles. The van der Waals surface area contributed by atoms with Gasteiger partial charge in [-0.3, -0.25) is 0 Å². The van der Waals surface area contributed by atoms with Gasteiger partial charge in [0.25, 0.3) is 0 Å². The molecule has 0 saturated carbocycles. The highest BCUT2D eigenvalue weighted by atomic mass is 16.3. The Balaban J connectivity index is 1.52. The molecule has 1 fully saturated rings. The Morgan fingerprint density at radius 2 is 2.04 bits per heavy atom. The standard InChI is InChI=1S/C21H26N4O/c1-3-17-13-22-19-18(17)20(24-14-23-19)25-9-7-21(26,8-10-25)12-16-6-4-5-15(2)11-16/h4-6,11,13-14,26H,3,7-10,12H2,1-2H3,(H,22,23,24). The number of piperidine rings is 1. The zero-order valence-electron chi connectivity index (χ0n) is 15.5. The molecule has 1 aliphatic rings. The number of anilines is 1. The average molecular weight is 350 g/mol. The smallest absolute Gasteiger partial charge is 0.143 e. The molecule has 0 atom stereocenters. The summed E-state index contributed by atoms with van der Waals surface area (Å²) in [6, 6.07) is 8.45. The fraction of sp³-hybridized carbons (Fsp3) is 0.429. The molecule has 4 rings (SSSR count). The monoisotopic (exact) mass is 350 g/mol. The van der Waals surface area contributed by atoms with Gasteiger partial charge in [0.2, 0.25) is 0 Å². The zero-order valence-corrected chi connectivity index (χ0v) is 15.5. The molecule has 3 heterocycles. The van der Waals surface area contributed by atoms with Crippen LogP contribution >= 0.6 is 0 Å². The van der Waals surface area contributed by atoms with Crippen molar-refractivity contribution < 1.29 is 5.11 Å². The summed E-state index contributed by atoms with van der Waals surface area (Å²) in [6.45, 7) is 5.86. The van der Waals surface area contributed by atoms with Crippen LogP contribution in [0.1, 0.15) is 36.5 Å². The summed E-state index contributed by atoms with van der Waals surface area (Å²) in [5, 5.41) is 12.2. The largest absolute Gasteiger partial charge is 0.389 e. The molecule has 0 bridgehead atoms. The lowest BCUT2D eigenvalue weighted by molar-refractivity contribution is 0.0164. The van der Waals surface area contributed by atoms with Crippen LogP contribution in [0.3, 0.4) is 0 Å². The Kier molecular flexibility index (Phi) is 4.41. The molecule has 5 nitrogen and oxygen atoms in total. The van der Waals surface area contributed by atoms with Gasteiger partial charge in [-0.15, -0.1) is 0 Å². The molecule has 0 aliphatic carbocycles. The molecule has 1 saturated heterocycles. The third kappa shape index (κ3) is 3.19. The predicted molar refractivity (Wildman–Crippen MR) is 105 cm³/mol. The zero-order chi connectivity index (χ0) is 18.1. The number of hydrogen-bond donors (Lipinski definition) is 2. The van der Waals surface area contributed by atoms with Gasteiger partial charge in [-0.2, -0.15) is 0 Å². The van der Waals surface area contributed by atoms with E-state index in [-0.39, 0.29) is 0 Å². The average Bonchev–Trinajstić information content (AvgIpc) is 3.05. The van der Waals surface area contributed by atoms with Crippen molar-refractivity contribution in [2.24, 2.45) is 0 Å². The number of nitrogens with one attached hydrogen (secondary N) is 1. The quantitative estimate of drug-likeness (QED) is 0.757. The summed E-state index contributed by atoms with van der Waals surface area (Å²) in [5.74, 6) is 0.991. The molecule has 1 aromatic carbocycles. The van der Waals surface area contributed by atoms with Crippen molar-refractivity contribution in [1.29, 1.82) is 0 Å². The van der Waals surface area contributed by atoms with E-state index in [2.05, 4.69) is 58.0 Å². The summed E-state index contributed by atoms with van der Waals surface area (Å²) in [7, 11) is 0. The number of H-pyrrole nitrogens is 1. The predicted octanol–water partition coefficient (Wildman–Crippen LogP) is 3.40. The maximum absolute atomic E-state index is 11.1. The molecule has 2 N–H and O–H groups in total. The first kappa shape index (κ1) is 17.0. The molecule has 0 unspecified atom stereocenters. The van der Waals surface area contributed by atoms with E-state index in [1.807, 2.05) is 6.20 Å². The lowest BCUT2D eigenvalue weighted by Gasteiger charge is -2.39. The Bertz CT molecular complexity index is 909. The number of benzene rings is 1. The summed E-state index contributed by atoms with van der Waals surface area (Å²) >= 11 is 0. The fourth-order valence-corrected chi connectivity index (χ4v) is 4.04. The third-order valence-corrected chi connectivity index (χ3v) is 5.52. The van der Waals surface area contributed by atoms with Gasteiger partial charge in [0, 0.05) is 25.7 Å². The van der Waals surface area contributed by atoms with Gasteiger partial charge in [0.05, 0.1) is 11.0 Å². The second-order valence-corrected chi connectivity index (χ2v) is 7.47. The highest BCUT2D eigenvalue weighted by molar-refractivity contribution is 5.90. The number of aliphatic hydroxyl groups is 1. The van der Waals surface area contributed by atoms with Crippen LogP contribution in [-0.2, 0) is 12.8 Å². The lowest BCUT2D eigenvalue weighted by Crippen LogP contribution is -2.46. The van der Waals surface area contributed by atoms with Crippen molar-refractivity contribution in [3.63, 3.8) is 0 Å². The van der Waals surface area contributed by atoms with E-state index >= 15 is 0 Å². The van der Waals surface area contributed by atoms with Crippen LogP contribution in [0.15, 0.2) is 36.8 Å². The van der Waals surface area contributed by atoms with E-state index in [1.165, 1.54) is 16.7 Å². The Hall–Kier alpha value is -2.40. The van der Waals surface area contributed by atoms with Gasteiger partial charge in [-0.25, -0.2) is 9.97 Å². The first-order chi connectivity index (χ1) is 12.6. The Labute approximate surface area is 154 Å². The Morgan fingerprint density at radius 1 is 1.23 bits per heavy atom. The van der Waals surface area contributed by atoms with E-state index in [0.29, 0.717) is 6.42 Å². The van der Waals surface area contributed by atoms with Gasteiger partial charge < -0.3 is 15.0 Å². The van der Waals surface area contributed by atoms with Gasteiger partial charge in [0.15, 0.2) is 0 Å². The fourth-order valence-electron chi connectivity index (χ4n) is 4.04. The van der Waals surface area contributed by atoms with Crippen molar-refractivity contribution >= 4 is 16.9 Å². The molecular weight excluding hydrogens is 324 g/mol. The van der Waals surface area contributed by atoms with Crippen molar-refractivity contribution in [3.8, 4) is 0 Å². The van der Waals surface area contributed by atoms with Crippen molar-refractivity contribution in [1.82, 2.24) is 15.0 Å². The highest BCUT2D eigenvalue weighted by Crippen LogP contribution is 2.32. The molecule has 26 heavy (non-hydrogen) atoms. The Morgan fingerprint density at radius 3 is 2.77 bits per heavy atom. The number of hydrogen-bond acceptors (Lipinski definition) is 4. The number of aromatic amines is 1. The maximum Gasteiger partial charge on any atom is 0.143 e. The van der Waals surface area contributed by atoms with Crippen LogP contribution in [0.25, 0.3) is 11.0 Å². The van der Waals surface area contributed by atoms with Crippen LogP contribution in [0, 0.1) is 6.92 Å². The van der Waals surface area contributed by atoms with E-state index < -0.39 is 5.60 Å². The SMILES string of the molecule is CCc1c[nH]c2ncnc(N3CCC(O)(Cc4cccc(C)c4)CC3)c12. The van der Waals surface area contributed by atoms with Gasteiger partial charge >= 0.3 is 0 Å². The molecule has 2 aromatic heterocycles.